The number of benzene rings is 2. The van der Waals surface area contributed by atoms with Crippen molar-refractivity contribution in [1.82, 2.24) is 14.8 Å². The maximum absolute atomic E-state index is 13.8. The molecule has 0 spiro atoms. The maximum Gasteiger partial charge on any atom is 0.276 e. The van der Waals surface area contributed by atoms with E-state index < -0.39 is 23.2 Å². The van der Waals surface area contributed by atoms with E-state index in [2.05, 4.69) is 15.4 Å². The van der Waals surface area contributed by atoms with Crippen LogP contribution < -0.4 is 5.32 Å². The Bertz CT molecular complexity index is 1180. The van der Waals surface area contributed by atoms with E-state index in [9.17, 15) is 13.6 Å². The van der Waals surface area contributed by atoms with Crippen molar-refractivity contribution in [3.63, 3.8) is 0 Å². The van der Waals surface area contributed by atoms with Gasteiger partial charge in [0.05, 0.1) is 5.69 Å². The number of hydrogen-bond donors (Lipinski definition) is 1. The third-order valence-corrected chi connectivity index (χ3v) is 5.33. The Labute approximate surface area is 169 Å². The molecule has 146 valence electrons. The van der Waals surface area contributed by atoms with Crippen molar-refractivity contribution in [2.75, 3.05) is 5.32 Å². The highest BCUT2D eigenvalue weighted by Gasteiger charge is 2.19. The molecule has 0 aliphatic rings. The summed E-state index contributed by atoms with van der Waals surface area (Å²) in [5.74, 6) is -2.38. The van der Waals surface area contributed by atoms with Crippen LogP contribution in [0.4, 0.5) is 14.5 Å². The highest BCUT2D eigenvalue weighted by Crippen LogP contribution is 2.30. The number of carbonyl (C=O) groups excluding carboxylic acids is 1. The Morgan fingerprint density at radius 1 is 1.14 bits per heavy atom. The highest BCUT2D eigenvalue weighted by molar-refractivity contribution is 7.13. The molecule has 29 heavy (non-hydrogen) atoms. The number of thiazole rings is 1. The second-order valence-corrected chi connectivity index (χ2v) is 7.35. The van der Waals surface area contributed by atoms with Crippen LogP contribution in [0.2, 0.25) is 0 Å². The van der Waals surface area contributed by atoms with Gasteiger partial charge in [0.15, 0.2) is 5.69 Å². The fourth-order valence-electron chi connectivity index (χ4n) is 3.02. The molecule has 2 aromatic carbocycles. The number of hydrogen-bond acceptors (Lipinski definition) is 4. The van der Waals surface area contributed by atoms with Gasteiger partial charge in [-0.1, -0.05) is 18.2 Å². The number of carbonyl (C=O) groups is 1. The van der Waals surface area contributed by atoms with Crippen LogP contribution in [0.1, 0.15) is 16.1 Å². The zero-order valence-corrected chi connectivity index (χ0v) is 16.4. The fraction of sp³-hybridized carbons (Fsp3) is 0.0952. The number of nitrogens with zero attached hydrogens (tertiary/aromatic N) is 3. The Hall–Kier alpha value is -3.39. The number of anilines is 1. The SMILES string of the molecule is Cc1ccc(-c2nccs2)cc1-c1cc(C(=O)Nc2c(F)cccc2F)nn1C. The Morgan fingerprint density at radius 3 is 2.59 bits per heavy atom. The lowest BCUT2D eigenvalue weighted by Crippen LogP contribution is -2.15. The molecule has 0 saturated heterocycles. The smallest absolute Gasteiger partial charge is 0.276 e. The van der Waals surface area contributed by atoms with Gasteiger partial charge in [-0.05, 0) is 36.8 Å². The number of aryl methyl sites for hydroxylation is 2. The summed E-state index contributed by atoms with van der Waals surface area (Å²) in [5, 5.41) is 9.28. The molecule has 5 nitrogen and oxygen atoms in total. The summed E-state index contributed by atoms with van der Waals surface area (Å²) in [4.78, 5) is 16.9. The van der Waals surface area contributed by atoms with Crippen LogP contribution in [0.15, 0.2) is 54.0 Å². The molecule has 1 amide bonds. The zero-order chi connectivity index (χ0) is 20.5. The molecule has 8 heteroatoms. The van der Waals surface area contributed by atoms with Gasteiger partial charge in [0.2, 0.25) is 0 Å². The summed E-state index contributed by atoms with van der Waals surface area (Å²) in [6.45, 7) is 1.96. The van der Waals surface area contributed by atoms with Crippen molar-refractivity contribution in [1.29, 1.82) is 0 Å². The lowest BCUT2D eigenvalue weighted by atomic mass is 10.0. The largest absolute Gasteiger partial charge is 0.316 e. The summed E-state index contributed by atoms with van der Waals surface area (Å²) in [6.07, 6.45) is 1.74. The quantitative estimate of drug-likeness (QED) is 0.512. The number of aromatic nitrogens is 3. The van der Waals surface area contributed by atoms with Crippen molar-refractivity contribution in [3.8, 4) is 21.8 Å². The summed E-state index contributed by atoms with van der Waals surface area (Å²) in [5.41, 5.74) is 3.13. The van der Waals surface area contributed by atoms with Gasteiger partial charge in [0.25, 0.3) is 5.91 Å². The van der Waals surface area contributed by atoms with Gasteiger partial charge in [-0.25, -0.2) is 13.8 Å². The van der Waals surface area contributed by atoms with Crippen LogP contribution in [0.25, 0.3) is 21.8 Å². The molecule has 2 aromatic heterocycles. The van der Waals surface area contributed by atoms with Gasteiger partial charge in [0.1, 0.15) is 22.3 Å². The monoisotopic (exact) mass is 410 g/mol. The molecule has 1 N–H and O–H groups in total. The first-order valence-corrected chi connectivity index (χ1v) is 9.62. The molecule has 0 aliphatic heterocycles. The molecule has 2 heterocycles. The molecule has 4 aromatic rings. The van der Waals surface area contributed by atoms with Gasteiger partial charge in [-0.3, -0.25) is 9.48 Å². The molecule has 4 rings (SSSR count). The Balaban J connectivity index is 1.68. The first kappa shape index (κ1) is 18.9. The number of amides is 1. The summed E-state index contributed by atoms with van der Waals surface area (Å²) in [6, 6.07) is 10.9. The second-order valence-electron chi connectivity index (χ2n) is 6.46. The average Bonchev–Trinajstić information content (AvgIpc) is 3.35. The fourth-order valence-corrected chi connectivity index (χ4v) is 3.66. The summed E-state index contributed by atoms with van der Waals surface area (Å²) >= 11 is 1.54. The molecule has 0 aliphatic carbocycles. The second kappa shape index (κ2) is 7.56. The number of para-hydroxylation sites is 1. The predicted octanol–water partition coefficient (Wildman–Crippen LogP) is 5.05. The standard InChI is InChI=1S/C21H16F2N4OS/c1-12-6-7-13(21-24-8-9-29-21)10-14(12)18-11-17(26-27(18)2)20(28)25-19-15(22)4-3-5-16(19)23/h3-11H,1-2H3,(H,25,28). The van der Waals surface area contributed by atoms with Gasteiger partial charge in [-0.15, -0.1) is 11.3 Å². The molecule has 0 fully saturated rings. The minimum Gasteiger partial charge on any atom is -0.316 e. The molecular weight excluding hydrogens is 394 g/mol. The lowest BCUT2D eigenvalue weighted by Gasteiger charge is -2.08. The van der Waals surface area contributed by atoms with Crippen LogP contribution in [0.3, 0.4) is 0 Å². The van der Waals surface area contributed by atoms with E-state index in [0.29, 0.717) is 5.69 Å². The van der Waals surface area contributed by atoms with Crippen molar-refractivity contribution in [2.24, 2.45) is 7.05 Å². The van der Waals surface area contributed by atoms with Gasteiger partial charge in [-0.2, -0.15) is 5.10 Å². The maximum atomic E-state index is 13.8. The molecule has 0 unspecified atom stereocenters. The average molecular weight is 410 g/mol. The van der Waals surface area contributed by atoms with Crippen LogP contribution >= 0.6 is 11.3 Å². The van der Waals surface area contributed by atoms with E-state index in [0.717, 1.165) is 33.8 Å². The summed E-state index contributed by atoms with van der Waals surface area (Å²) < 4.78 is 29.2. The van der Waals surface area contributed by atoms with Crippen molar-refractivity contribution in [3.05, 3.63) is 76.9 Å². The predicted molar refractivity (Wildman–Crippen MR) is 109 cm³/mol. The van der Waals surface area contributed by atoms with Gasteiger partial charge < -0.3 is 5.32 Å². The van der Waals surface area contributed by atoms with E-state index in [1.54, 1.807) is 24.0 Å². The van der Waals surface area contributed by atoms with E-state index in [1.807, 2.05) is 30.5 Å². The molecule has 0 bridgehead atoms. The van der Waals surface area contributed by atoms with Crippen molar-refractivity contribution >= 4 is 22.9 Å². The van der Waals surface area contributed by atoms with E-state index in [4.69, 9.17) is 0 Å². The lowest BCUT2D eigenvalue weighted by molar-refractivity contribution is 0.102. The minimum absolute atomic E-state index is 0.0594. The van der Waals surface area contributed by atoms with Crippen molar-refractivity contribution in [2.45, 2.75) is 6.92 Å². The van der Waals surface area contributed by atoms with Crippen LogP contribution in [-0.2, 0) is 7.05 Å². The number of rotatable bonds is 4. The Morgan fingerprint density at radius 2 is 1.90 bits per heavy atom. The molecular formula is C21H16F2N4OS. The van der Waals surface area contributed by atoms with Crippen molar-refractivity contribution < 1.29 is 13.6 Å². The highest BCUT2D eigenvalue weighted by atomic mass is 32.1. The third-order valence-electron chi connectivity index (χ3n) is 4.51. The van der Waals surface area contributed by atoms with E-state index >= 15 is 0 Å². The molecule has 0 atom stereocenters. The first-order chi connectivity index (χ1) is 13.9. The van der Waals surface area contributed by atoms with Crippen LogP contribution in [0, 0.1) is 18.6 Å². The first-order valence-electron chi connectivity index (χ1n) is 8.74. The van der Waals surface area contributed by atoms with Gasteiger partial charge >= 0.3 is 0 Å². The van der Waals surface area contributed by atoms with E-state index in [1.165, 1.54) is 17.4 Å². The topological polar surface area (TPSA) is 59.8 Å². The van der Waals surface area contributed by atoms with E-state index in [-0.39, 0.29) is 5.69 Å². The normalized spacial score (nSPS) is 10.9. The molecule has 0 saturated carbocycles. The number of nitrogens with one attached hydrogen (secondary N) is 1. The van der Waals surface area contributed by atoms with Crippen LogP contribution in [0.5, 0.6) is 0 Å². The Kier molecular flexibility index (Phi) is 4.94. The van der Waals surface area contributed by atoms with Gasteiger partial charge in [0, 0.05) is 29.8 Å². The number of halogens is 2. The molecule has 0 radical (unpaired) electrons. The summed E-state index contributed by atoms with van der Waals surface area (Å²) in [7, 11) is 1.71. The minimum atomic E-state index is -0.846. The third kappa shape index (κ3) is 3.66. The van der Waals surface area contributed by atoms with Crippen LogP contribution in [-0.4, -0.2) is 20.7 Å². The zero-order valence-electron chi connectivity index (χ0n) is 15.6.